The van der Waals surface area contributed by atoms with E-state index < -0.39 is 6.10 Å². The summed E-state index contributed by atoms with van der Waals surface area (Å²) in [6.45, 7) is 5.76. The van der Waals surface area contributed by atoms with E-state index in [1.54, 1.807) is 11.6 Å². The molecule has 1 aromatic heterocycles. The molecule has 0 fully saturated rings. The van der Waals surface area contributed by atoms with Gasteiger partial charge in [0.2, 0.25) is 0 Å². The highest BCUT2D eigenvalue weighted by Crippen LogP contribution is 2.21. The zero-order valence-corrected chi connectivity index (χ0v) is 10.9. The first-order chi connectivity index (χ1) is 8.16. The number of benzene rings is 1. The second-order valence-electron chi connectivity index (χ2n) is 3.68. The van der Waals surface area contributed by atoms with Gasteiger partial charge in [0.15, 0.2) is 0 Å². The van der Waals surface area contributed by atoms with Crippen LogP contribution in [0.2, 0.25) is 0 Å². The van der Waals surface area contributed by atoms with Gasteiger partial charge >= 0.3 is 0 Å². The maximum absolute atomic E-state index is 9.47. The third kappa shape index (κ3) is 3.43. The Hall–Kier alpha value is -1.61. The van der Waals surface area contributed by atoms with Gasteiger partial charge in [0.25, 0.3) is 0 Å². The summed E-state index contributed by atoms with van der Waals surface area (Å²) in [5.41, 5.74) is 2.88. The van der Waals surface area contributed by atoms with Crippen LogP contribution in [0.15, 0.2) is 36.5 Å². The first kappa shape index (κ1) is 13.5. The highest BCUT2D eigenvalue weighted by atomic mass is 16.3. The summed E-state index contributed by atoms with van der Waals surface area (Å²) in [5, 5.41) is 13.8. The number of hydrogen-bond acceptors (Lipinski definition) is 2. The second kappa shape index (κ2) is 6.21. The van der Waals surface area contributed by atoms with E-state index in [1.165, 1.54) is 0 Å². The van der Waals surface area contributed by atoms with E-state index in [4.69, 9.17) is 0 Å². The largest absolute Gasteiger partial charge is 0.389 e. The van der Waals surface area contributed by atoms with Crippen molar-refractivity contribution >= 4 is 0 Å². The SMILES string of the molecule is CC.CC(O)c1cccc(-c2ccn(C)n2)c1. The van der Waals surface area contributed by atoms with Gasteiger partial charge in [-0.15, -0.1) is 0 Å². The van der Waals surface area contributed by atoms with Crippen LogP contribution >= 0.6 is 0 Å². The fraction of sp³-hybridized carbons (Fsp3) is 0.357. The van der Waals surface area contributed by atoms with Gasteiger partial charge in [-0.05, 0) is 24.6 Å². The molecule has 0 bridgehead atoms. The Morgan fingerprint density at radius 3 is 2.47 bits per heavy atom. The number of hydrogen-bond donors (Lipinski definition) is 1. The Labute approximate surface area is 103 Å². The van der Waals surface area contributed by atoms with E-state index in [9.17, 15) is 5.11 Å². The second-order valence-corrected chi connectivity index (χ2v) is 3.68. The van der Waals surface area contributed by atoms with Gasteiger partial charge in [-0.1, -0.05) is 32.0 Å². The first-order valence-corrected chi connectivity index (χ1v) is 5.95. The first-order valence-electron chi connectivity index (χ1n) is 5.95. The molecule has 0 spiro atoms. The highest BCUT2D eigenvalue weighted by Gasteiger charge is 2.04. The number of aromatic nitrogens is 2. The lowest BCUT2D eigenvalue weighted by Crippen LogP contribution is -1.92. The molecule has 1 aromatic carbocycles. The summed E-state index contributed by atoms with van der Waals surface area (Å²) < 4.78 is 1.77. The Kier molecular flexibility index (Phi) is 4.91. The molecule has 3 nitrogen and oxygen atoms in total. The van der Waals surface area contributed by atoms with Gasteiger partial charge < -0.3 is 5.11 Å². The molecule has 0 aliphatic rings. The number of aliphatic hydroxyl groups is 1. The third-order valence-corrected chi connectivity index (χ3v) is 2.38. The Morgan fingerprint density at radius 2 is 1.94 bits per heavy atom. The Morgan fingerprint density at radius 1 is 1.24 bits per heavy atom. The van der Waals surface area contributed by atoms with Crippen LogP contribution in [0.25, 0.3) is 11.3 Å². The van der Waals surface area contributed by atoms with Gasteiger partial charge in [-0.2, -0.15) is 5.10 Å². The number of aliphatic hydroxyl groups excluding tert-OH is 1. The summed E-state index contributed by atoms with van der Waals surface area (Å²) in [6.07, 6.45) is 1.47. The molecule has 17 heavy (non-hydrogen) atoms. The zero-order chi connectivity index (χ0) is 12.8. The zero-order valence-electron chi connectivity index (χ0n) is 10.9. The predicted octanol–water partition coefficient (Wildman–Crippen LogP) is 3.17. The standard InChI is InChI=1S/C12H14N2O.C2H6/c1-9(15)10-4-3-5-11(8-10)12-6-7-14(2)13-12;1-2/h3-9,15H,1-2H3;1-2H3. The van der Waals surface area contributed by atoms with Crippen LogP contribution in [0.5, 0.6) is 0 Å². The summed E-state index contributed by atoms with van der Waals surface area (Å²) in [7, 11) is 1.89. The van der Waals surface area contributed by atoms with Crippen molar-refractivity contribution in [2.24, 2.45) is 7.05 Å². The van der Waals surface area contributed by atoms with Gasteiger partial charge in [0.05, 0.1) is 11.8 Å². The van der Waals surface area contributed by atoms with Crippen LogP contribution < -0.4 is 0 Å². The molecule has 2 rings (SSSR count). The fourth-order valence-electron chi connectivity index (χ4n) is 1.53. The van der Waals surface area contributed by atoms with E-state index >= 15 is 0 Å². The molecule has 0 radical (unpaired) electrons. The monoisotopic (exact) mass is 232 g/mol. The van der Waals surface area contributed by atoms with Crippen molar-refractivity contribution < 1.29 is 5.11 Å². The third-order valence-electron chi connectivity index (χ3n) is 2.38. The summed E-state index contributed by atoms with van der Waals surface area (Å²) in [5.74, 6) is 0. The maximum atomic E-state index is 9.47. The molecule has 1 N–H and O–H groups in total. The minimum absolute atomic E-state index is 0.436. The van der Waals surface area contributed by atoms with E-state index in [1.807, 2.05) is 57.4 Å². The van der Waals surface area contributed by atoms with Crippen LogP contribution in [0, 0.1) is 0 Å². The molecule has 92 valence electrons. The lowest BCUT2D eigenvalue weighted by atomic mass is 10.1. The van der Waals surface area contributed by atoms with Crippen molar-refractivity contribution in [2.45, 2.75) is 26.9 Å². The summed E-state index contributed by atoms with van der Waals surface area (Å²) in [6, 6.07) is 9.77. The average molecular weight is 232 g/mol. The molecule has 0 aliphatic carbocycles. The number of aryl methyl sites for hydroxylation is 1. The van der Waals surface area contributed by atoms with Crippen molar-refractivity contribution in [1.82, 2.24) is 9.78 Å². The van der Waals surface area contributed by atoms with Crippen LogP contribution in [0.3, 0.4) is 0 Å². The predicted molar refractivity (Wildman–Crippen MR) is 70.6 cm³/mol. The van der Waals surface area contributed by atoms with Crippen LogP contribution in [0.1, 0.15) is 32.4 Å². The molecular weight excluding hydrogens is 212 g/mol. The van der Waals surface area contributed by atoms with Crippen molar-refractivity contribution in [3.63, 3.8) is 0 Å². The molecule has 2 aromatic rings. The van der Waals surface area contributed by atoms with Crippen molar-refractivity contribution in [1.29, 1.82) is 0 Å². The normalized spacial score (nSPS) is 11.6. The minimum atomic E-state index is -0.436. The van der Waals surface area contributed by atoms with Crippen LogP contribution in [0.4, 0.5) is 0 Å². The molecule has 1 heterocycles. The molecule has 0 saturated heterocycles. The molecule has 0 saturated carbocycles. The van der Waals surface area contributed by atoms with E-state index in [0.29, 0.717) is 0 Å². The van der Waals surface area contributed by atoms with Gasteiger partial charge in [-0.25, -0.2) is 0 Å². The van der Waals surface area contributed by atoms with Crippen molar-refractivity contribution in [3.8, 4) is 11.3 Å². The summed E-state index contributed by atoms with van der Waals surface area (Å²) in [4.78, 5) is 0. The van der Waals surface area contributed by atoms with Gasteiger partial charge in [0.1, 0.15) is 0 Å². The maximum Gasteiger partial charge on any atom is 0.0923 e. The van der Waals surface area contributed by atoms with Crippen molar-refractivity contribution in [2.75, 3.05) is 0 Å². The van der Waals surface area contributed by atoms with Gasteiger partial charge in [0, 0.05) is 18.8 Å². The molecule has 3 heteroatoms. The Bertz CT molecular complexity index is 461. The lowest BCUT2D eigenvalue weighted by Gasteiger charge is -2.05. The van der Waals surface area contributed by atoms with Crippen molar-refractivity contribution in [3.05, 3.63) is 42.1 Å². The smallest absolute Gasteiger partial charge is 0.0923 e. The molecular formula is C14H20N2O. The lowest BCUT2D eigenvalue weighted by molar-refractivity contribution is 0.199. The Balaban J connectivity index is 0.000000686. The summed E-state index contributed by atoms with van der Waals surface area (Å²) >= 11 is 0. The molecule has 0 amide bonds. The quantitative estimate of drug-likeness (QED) is 0.863. The number of nitrogens with zero attached hydrogens (tertiary/aromatic N) is 2. The number of rotatable bonds is 2. The molecule has 0 aliphatic heterocycles. The fourth-order valence-corrected chi connectivity index (χ4v) is 1.53. The molecule has 1 atom stereocenters. The average Bonchev–Trinajstić information content (AvgIpc) is 2.79. The van der Waals surface area contributed by atoms with E-state index in [0.717, 1.165) is 16.8 Å². The van der Waals surface area contributed by atoms with Gasteiger partial charge in [-0.3, -0.25) is 4.68 Å². The van der Waals surface area contributed by atoms with E-state index in [-0.39, 0.29) is 0 Å². The van der Waals surface area contributed by atoms with E-state index in [2.05, 4.69) is 5.10 Å². The topological polar surface area (TPSA) is 38.0 Å². The molecule has 1 unspecified atom stereocenters. The van der Waals surface area contributed by atoms with Crippen LogP contribution in [-0.4, -0.2) is 14.9 Å². The van der Waals surface area contributed by atoms with Crippen LogP contribution in [-0.2, 0) is 7.05 Å². The highest BCUT2D eigenvalue weighted by molar-refractivity contribution is 5.59. The minimum Gasteiger partial charge on any atom is -0.389 e.